The molecule has 0 aromatic carbocycles. The quantitative estimate of drug-likeness (QED) is 0.698. The summed E-state index contributed by atoms with van der Waals surface area (Å²) in [7, 11) is 2.21. The molecule has 0 bridgehead atoms. The van der Waals surface area contributed by atoms with Gasteiger partial charge >= 0.3 is 0 Å². The number of pyridine rings is 1. The molecule has 0 radical (unpaired) electrons. The summed E-state index contributed by atoms with van der Waals surface area (Å²) in [6.07, 6.45) is 4.60. The van der Waals surface area contributed by atoms with E-state index in [0.29, 0.717) is 0 Å². The van der Waals surface area contributed by atoms with Crippen LogP contribution in [0.2, 0.25) is 0 Å². The first-order chi connectivity index (χ1) is 7.16. The van der Waals surface area contributed by atoms with Gasteiger partial charge in [0.1, 0.15) is 0 Å². The van der Waals surface area contributed by atoms with E-state index in [4.69, 9.17) is 0 Å². The lowest BCUT2D eigenvalue weighted by atomic mass is 9.87. The standard InChI is InChI=1S/C13H20N2/c1-10-9-14-11(2)8-13(10)12-4-6-15(3)7-5-12/h8-9,12H,4-7H2,1-3H3. The second-order valence-electron chi connectivity index (χ2n) is 4.76. The zero-order valence-corrected chi connectivity index (χ0v) is 9.95. The molecule has 0 amide bonds. The van der Waals surface area contributed by atoms with E-state index < -0.39 is 0 Å². The molecule has 82 valence electrons. The highest BCUT2D eigenvalue weighted by Crippen LogP contribution is 2.29. The zero-order chi connectivity index (χ0) is 10.8. The van der Waals surface area contributed by atoms with Crippen LogP contribution >= 0.6 is 0 Å². The van der Waals surface area contributed by atoms with E-state index in [0.717, 1.165) is 11.6 Å². The Morgan fingerprint density at radius 1 is 1.27 bits per heavy atom. The zero-order valence-electron chi connectivity index (χ0n) is 9.95. The minimum Gasteiger partial charge on any atom is -0.306 e. The van der Waals surface area contributed by atoms with Gasteiger partial charge in [-0.1, -0.05) is 0 Å². The summed E-state index contributed by atoms with van der Waals surface area (Å²) in [5.41, 5.74) is 4.03. The van der Waals surface area contributed by atoms with Crippen molar-refractivity contribution in [1.29, 1.82) is 0 Å². The Labute approximate surface area is 92.3 Å². The van der Waals surface area contributed by atoms with Crippen molar-refractivity contribution in [1.82, 2.24) is 9.88 Å². The van der Waals surface area contributed by atoms with Crippen molar-refractivity contribution in [3.63, 3.8) is 0 Å². The summed E-state index contributed by atoms with van der Waals surface area (Å²) in [4.78, 5) is 6.76. The molecular weight excluding hydrogens is 184 g/mol. The number of nitrogens with zero attached hydrogens (tertiary/aromatic N) is 2. The van der Waals surface area contributed by atoms with E-state index >= 15 is 0 Å². The minimum atomic E-state index is 0.753. The highest BCUT2D eigenvalue weighted by Gasteiger charge is 2.19. The third-order valence-electron chi connectivity index (χ3n) is 3.44. The summed E-state index contributed by atoms with van der Waals surface area (Å²) in [6.45, 7) is 6.72. The highest BCUT2D eigenvalue weighted by atomic mass is 15.1. The topological polar surface area (TPSA) is 16.1 Å². The Kier molecular flexibility index (Phi) is 3.06. The van der Waals surface area contributed by atoms with Crippen molar-refractivity contribution in [2.75, 3.05) is 20.1 Å². The van der Waals surface area contributed by atoms with Crippen LogP contribution in [0.3, 0.4) is 0 Å². The molecule has 15 heavy (non-hydrogen) atoms. The Morgan fingerprint density at radius 2 is 1.93 bits per heavy atom. The van der Waals surface area contributed by atoms with E-state index in [1.807, 2.05) is 6.20 Å². The van der Waals surface area contributed by atoms with E-state index in [1.165, 1.54) is 37.1 Å². The number of likely N-dealkylation sites (tertiary alicyclic amines) is 1. The summed E-state index contributed by atoms with van der Waals surface area (Å²) in [6, 6.07) is 2.27. The Morgan fingerprint density at radius 3 is 2.60 bits per heavy atom. The van der Waals surface area contributed by atoms with Crippen LogP contribution in [0.25, 0.3) is 0 Å². The van der Waals surface area contributed by atoms with Crippen molar-refractivity contribution in [3.8, 4) is 0 Å². The Hall–Kier alpha value is -0.890. The number of rotatable bonds is 1. The SMILES string of the molecule is Cc1cc(C2CCN(C)CC2)c(C)cn1. The predicted molar refractivity (Wildman–Crippen MR) is 63.2 cm³/mol. The van der Waals surface area contributed by atoms with Crippen LogP contribution < -0.4 is 0 Å². The molecule has 1 aromatic heterocycles. The third kappa shape index (κ3) is 2.37. The van der Waals surface area contributed by atoms with Gasteiger partial charge in [-0.25, -0.2) is 0 Å². The van der Waals surface area contributed by atoms with E-state index in [-0.39, 0.29) is 0 Å². The van der Waals surface area contributed by atoms with Crippen molar-refractivity contribution in [2.45, 2.75) is 32.6 Å². The number of hydrogen-bond donors (Lipinski definition) is 0. The molecule has 0 unspecified atom stereocenters. The van der Waals surface area contributed by atoms with Gasteiger partial charge in [0.15, 0.2) is 0 Å². The van der Waals surface area contributed by atoms with Gasteiger partial charge in [-0.05, 0) is 69.9 Å². The van der Waals surface area contributed by atoms with Gasteiger partial charge in [0.25, 0.3) is 0 Å². The van der Waals surface area contributed by atoms with Crippen molar-refractivity contribution < 1.29 is 0 Å². The molecular formula is C13H20N2. The van der Waals surface area contributed by atoms with Crippen LogP contribution in [0.1, 0.15) is 35.6 Å². The molecule has 1 saturated heterocycles. The van der Waals surface area contributed by atoms with E-state index in [2.05, 4.69) is 36.8 Å². The first-order valence-electron chi connectivity index (χ1n) is 5.78. The number of aromatic nitrogens is 1. The second kappa shape index (κ2) is 4.31. The molecule has 2 heterocycles. The van der Waals surface area contributed by atoms with Gasteiger partial charge in [0.05, 0.1) is 0 Å². The number of piperidine rings is 1. The van der Waals surface area contributed by atoms with E-state index in [9.17, 15) is 0 Å². The molecule has 0 N–H and O–H groups in total. The minimum absolute atomic E-state index is 0.753. The smallest absolute Gasteiger partial charge is 0.0375 e. The second-order valence-corrected chi connectivity index (χ2v) is 4.76. The first-order valence-corrected chi connectivity index (χ1v) is 5.78. The lowest BCUT2D eigenvalue weighted by Gasteiger charge is -2.30. The summed E-state index contributed by atoms with van der Waals surface area (Å²) in [5.74, 6) is 0.753. The molecule has 2 rings (SSSR count). The average molecular weight is 204 g/mol. The summed E-state index contributed by atoms with van der Waals surface area (Å²) < 4.78 is 0. The Bertz CT molecular complexity index is 338. The fourth-order valence-corrected chi connectivity index (χ4v) is 2.41. The van der Waals surface area contributed by atoms with E-state index in [1.54, 1.807) is 0 Å². The van der Waals surface area contributed by atoms with Crippen molar-refractivity contribution in [2.24, 2.45) is 0 Å². The average Bonchev–Trinajstić information content (AvgIpc) is 2.23. The molecule has 2 heteroatoms. The van der Waals surface area contributed by atoms with Crippen molar-refractivity contribution >= 4 is 0 Å². The lowest BCUT2D eigenvalue weighted by molar-refractivity contribution is 0.255. The monoisotopic (exact) mass is 204 g/mol. The lowest BCUT2D eigenvalue weighted by Crippen LogP contribution is -2.29. The van der Waals surface area contributed by atoms with Crippen molar-refractivity contribution in [3.05, 3.63) is 29.1 Å². The normalized spacial score (nSPS) is 19.4. The van der Waals surface area contributed by atoms with Crippen LogP contribution in [0.4, 0.5) is 0 Å². The molecule has 1 aliphatic heterocycles. The van der Waals surface area contributed by atoms with Gasteiger partial charge in [-0.15, -0.1) is 0 Å². The molecule has 1 fully saturated rings. The molecule has 2 nitrogen and oxygen atoms in total. The molecule has 0 atom stereocenters. The van der Waals surface area contributed by atoms with Crippen LogP contribution in [0.5, 0.6) is 0 Å². The molecule has 0 saturated carbocycles. The van der Waals surface area contributed by atoms with Crippen LogP contribution in [0, 0.1) is 13.8 Å². The largest absolute Gasteiger partial charge is 0.306 e. The molecule has 0 spiro atoms. The maximum atomic E-state index is 4.34. The highest BCUT2D eigenvalue weighted by molar-refractivity contribution is 5.29. The van der Waals surface area contributed by atoms with Crippen LogP contribution in [0.15, 0.2) is 12.3 Å². The maximum absolute atomic E-state index is 4.34. The Balaban J connectivity index is 2.18. The molecule has 1 aliphatic rings. The predicted octanol–water partition coefficient (Wildman–Crippen LogP) is 2.51. The molecule has 0 aliphatic carbocycles. The third-order valence-corrected chi connectivity index (χ3v) is 3.44. The van der Waals surface area contributed by atoms with Crippen LogP contribution in [-0.4, -0.2) is 30.0 Å². The summed E-state index contributed by atoms with van der Waals surface area (Å²) in [5, 5.41) is 0. The first kappa shape index (κ1) is 10.6. The van der Waals surface area contributed by atoms with Crippen LogP contribution in [-0.2, 0) is 0 Å². The van der Waals surface area contributed by atoms with Gasteiger partial charge in [-0.3, -0.25) is 4.98 Å². The fraction of sp³-hybridized carbons (Fsp3) is 0.615. The fourth-order valence-electron chi connectivity index (χ4n) is 2.41. The number of aryl methyl sites for hydroxylation is 2. The van der Waals surface area contributed by atoms with Gasteiger partial charge in [0.2, 0.25) is 0 Å². The summed E-state index contributed by atoms with van der Waals surface area (Å²) >= 11 is 0. The maximum Gasteiger partial charge on any atom is 0.0375 e. The van der Waals surface area contributed by atoms with Gasteiger partial charge < -0.3 is 4.90 Å². The van der Waals surface area contributed by atoms with Gasteiger partial charge in [-0.2, -0.15) is 0 Å². The van der Waals surface area contributed by atoms with Gasteiger partial charge in [0, 0.05) is 11.9 Å². The molecule has 1 aromatic rings. The number of hydrogen-bond acceptors (Lipinski definition) is 2.